The minimum Gasteiger partial charge on any atom is -0.481 e. The number of carbonyl (C=O) groups excluding carboxylic acids is 1. The molecule has 0 atom stereocenters. The first-order valence-corrected chi connectivity index (χ1v) is 4.77. The molecule has 76 valence electrons. The van der Waals surface area contributed by atoms with Gasteiger partial charge in [0.2, 0.25) is 0 Å². The molecule has 0 fully saturated rings. The molecule has 1 rings (SSSR count). The van der Waals surface area contributed by atoms with Crippen LogP contribution in [0.4, 0.5) is 0 Å². The molecule has 5 heteroatoms. The molecule has 0 radical (unpaired) electrons. The number of carbonyl (C=O) groups is 2. The second kappa shape index (κ2) is 4.71. The second-order valence-electron chi connectivity index (χ2n) is 2.84. The van der Waals surface area contributed by atoms with Gasteiger partial charge in [-0.1, -0.05) is 0 Å². The number of hydrogen-bond donors (Lipinski definition) is 1. The van der Waals surface area contributed by atoms with Gasteiger partial charge in [0, 0.05) is 10.0 Å². The third-order valence-electron chi connectivity index (χ3n) is 1.77. The lowest BCUT2D eigenvalue weighted by Gasteiger charge is -2.04. The van der Waals surface area contributed by atoms with Crippen LogP contribution in [0.25, 0.3) is 0 Å². The minimum atomic E-state index is -1.01. The highest BCUT2D eigenvalue weighted by Gasteiger charge is 2.11. The Hall–Kier alpha value is -1.67. The zero-order chi connectivity index (χ0) is 11.4. The molecule has 15 heavy (non-hydrogen) atoms. The summed E-state index contributed by atoms with van der Waals surface area (Å²) in [5.41, 5.74) is 0.977. The van der Waals surface area contributed by atoms with Crippen LogP contribution in [-0.2, 0) is 11.2 Å². The van der Waals surface area contributed by atoms with Crippen molar-refractivity contribution in [3.63, 3.8) is 0 Å². The number of aliphatic carboxylic acids is 1. The van der Waals surface area contributed by atoms with Gasteiger partial charge in [0.05, 0.1) is 12.0 Å². The SMILES string of the molecule is N#Cc1cc(C=O)cc(CC(=O)O)c1Br. The van der Waals surface area contributed by atoms with E-state index in [9.17, 15) is 9.59 Å². The fraction of sp³-hybridized carbons (Fsp3) is 0.100. The monoisotopic (exact) mass is 267 g/mol. The Morgan fingerprint density at radius 3 is 2.73 bits per heavy atom. The van der Waals surface area contributed by atoms with Crippen molar-refractivity contribution < 1.29 is 14.7 Å². The van der Waals surface area contributed by atoms with Gasteiger partial charge in [-0.05, 0) is 33.6 Å². The van der Waals surface area contributed by atoms with E-state index in [1.807, 2.05) is 6.07 Å². The molecular weight excluding hydrogens is 262 g/mol. The molecule has 0 unspecified atom stereocenters. The van der Waals surface area contributed by atoms with Crippen LogP contribution in [0, 0.1) is 11.3 Å². The highest BCUT2D eigenvalue weighted by atomic mass is 79.9. The Morgan fingerprint density at radius 1 is 1.60 bits per heavy atom. The lowest BCUT2D eigenvalue weighted by molar-refractivity contribution is -0.136. The van der Waals surface area contributed by atoms with E-state index in [2.05, 4.69) is 15.9 Å². The number of benzene rings is 1. The van der Waals surface area contributed by atoms with Crippen molar-refractivity contribution in [2.75, 3.05) is 0 Å². The van der Waals surface area contributed by atoms with Crippen molar-refractivity contribution in [3.05, 3.63) is 33.3 Å². The van der Waals surface area contributed by atoms with Gasteiger partial charge in [-0.2, -0.15) is 5.26 Å². The zero-order valence-corrected chi connectivity index (χ0v) is 9.11. The van der Waals surface area contributed by atoms with E-state index >= 15 is 0 Å². The number of hydrogen-bond acceptors (Lipinski definition) is 3. The molecule has 0 saturated carbocycles. The Labute approximate surface area is 94.3 Å². The Balaban J connectivity index is 3.31. The fourth-order valence-electron chi connectivity index (χ4n) is 1.15. The molecule has 0 spiro atoms. The van der Waals surface area contributed by atoms with Crippen molar-refractivity contribution in [1.82, 2.24) is 0 Å². The minimum absolute atomic E-state index is 0.225. The number of carboxylic acid groups (broad SMARTS) is 1. The first-order valence-electron chi connectivity index (χ1n) is 3.98. The molecule has 0 amide bonds. The molecule has 0 aliphatic heterocycles. The highest BCUT2D eigenvalue weighted by Crippen LogP contribution is 2.23. The molecule has 0 aliphatic carbocycles. The van der Waals surface area contributed by atoms with E-state index in [1.54, 1.807) is 0 Å². The van der Waals surface area contributed by atoms with E-state index in [0.717, 1.165) is 0 Å². The predicted molar refractivity (Wildman–Crippen MR) is 55.6 cm³/mol. The van der Waals surface area contributed by atoms with E-state index in [-0.39, 0.29) is 12.0 Å². The number of rotatable bonds is 3. The average Bonchev–Trinajstić information content (AvgIpc) is 2.20. The molecule has 0 aliphatic rings. The van der Waals surface area contributed by atoms with Crippen LogP contribution in [0.3, 0.4) is 0 Å². The van der Waals surface area contributed by atoms with E-state index < -0.39 is 5.97 Å². The smallest absolute Gasteiger partial charge is 0.307 e. The standard InChI is InChI=1S/C10H6BrNO3/c11-10-7(3-9(14)15)1-6(5-13)2-8(10)4-12/h1-2,5H,3H2,(H,14,15). The number of nitrogens with zero attached hydrogens (tertiary/aromatic N) is 1. The van der Waals surface area contributed by atoms with Gasteiger partial charge in [-0.3, -0.25) is 9.59 Å². The van der Waals surface area contributed by atoms with Crippen LogP contribution < -0.4 is 0 Å². The van der Waals surface area contributed by atoms with E-state index in [4.69, 9.17) is 10.4 Å². The summed E-state index contributed by atoms with van der Waals surface area (Å²) in [7, 11) is 0. The molecule has 1 aromatic rings. The molecule has 1 aromatic carbocycles. The molecular formula is C10H6BrNO3. The van der Waals surface area contributed by atoms with Crippen LogP contribution in [0.1, 0.15) is 21.5 Å². The van der Waals surface area contributed by atoms with Crippen LogP contribution in [0.15, 0.2) is 16.6 Å². The van der Waals surface area contributed by atoms with Crippen LogP contribution in [-0.4, -0.2) is 17.4 Å². The molecule has 0 bridgehead atoms. The van der Waals surface area contributed by atoms with Gasteiger partial charge in [0.15, 0.2) is 0 Å². The Morgan fingerprint density at radius 2 is 2.27 bits per heavy atom. The zero-order valence-electron chi connectivity index (χ0n) is 7.53. The number of carboxylic acids is 1. The van der Waals surface area contributed by atoms with Crippen molar-refractivity contribution in [1.29, 1.82) is 5.26 Å². The number of nitriles is 1. The fourth-order valence-corrected chi connectivity index (χ4v) is 1.61. The number of halogens is 1. The average molecular weight is 268 g/mol. The largest absolute Gasteiger partial charge is 0.481 e. The van der Waals surface area contributed by atoms with E-state index in [0.29, 0.717) is 21.9 Å². The van der Waals surface area contributed by atoms with Gasteiger partial charge in [0.1, 0.15) is 12.4 Å². The number of aldehydes is 1. The Kier molecular flexibility index (Phi) is 3.58. The summed E-state index contributed by atoms with van der Waals surface area (Å²) in [4.78, 5) is 21.1. The summed E-state index contributed by atoms with van der Waals surface area (Å²) in [5, 5.41) is 17.4. The highest BCUT2D eigenvalue weighted by molar-refractivity contribution is 9.10. The quantitative estimate of drug-likeness (QED) is 0.847. The third-order valence-corrected chi connectivity index (χ3v) is 2.70. The van der Waals surface area contributed by atoms with Gasteiger partial charge >= 0.3 is 5.97 Å². The maximum Gasteiger partial charge on any atom is 0.307 e. The molecule has 0 aromatic heterocycles. The summed E-state index contributed by atoms with van der Waals surface area (Å²) in [6.07, 6.45) is 0.357. The van der Waals surface area contributed by atoms with Gasteiger partial charge in [-0.25, -0.2) is 0 Å². The molecule has 4 nitrogen and oxygen atoms in total. The first-order chi connectivity index (χ1) is 7.08. The lowest BCUT2D eigenvalue weighted by Crippen LogP contribution is -2.02. The lowest BCUT2D eigenvalue weighted by atomic mass is 10.0. The maximum absolute atomic E-state index is 10.6. The first kappa shape index (κ1) is 11.4. The summed E-state index contributed by atoms with van der Waals surface area (Å²) in [6.45, 7) is 0. The van der Waals surface area contributed by atoms with Crippen LogP contribution in [0.5, 0.6) is 0 Å². The van der Waals surface area contributed by atoms with Crippen molar-refractivity contribution in [3.8, 4) is 6.07 Å². The van der Waals surface area contributed by atoms with Gasteiger partial charge in [0.25, 0.3) is 0 Å². The molecule has 0 heterocycles. The summed E-state index contributed by atoms with van der Waals surface area (Å²) in [5.74, 6) is -1.01. The third kappa shape index (κ3) is 2.64. The maximum atomic E-state index is 10.6. The van der Waals surface area contributed by atoms with Gasteiger partial charge in [-0.15, -0.1) is 0 Å². The van der Waals surface area contributed by atoms with Crippen molar-refractivity contribution >= 4 is 28.2 Å². The van der Waals surface area contributed by atoms with Crippen LogP contribution >= 0.6 is 15.9 Å². The molecule has 0 saturated heterocycles. The molecule has 1 N–H and O–H groups in total. The summed E-state index contributed by atoms with van der Waals surface area (Å²) in [6, 6.07) is 4.74. The normalized spacial score (nSPS) is 9.33. The predicted octanol–water partition coefficient (Wildman–Crippen LogP) is 1.76. The topological polar surface area (TPSA) is 78.2 Å². The summed E-state index contributed by atoms with van der Waals surface area (Å²) >= 11 is 3.13. The van der Waals surface area contributed by atoms with Crippen molar-refractivity contribution in [2.24, 2.45) is 0 Å². The Bertz CT molecular complexity index is 462. The van der Waals surface area contributed by atoms with Crippen molar-refractivity contribution in [2.45, 2.75) is 6.42 Å². The second-order valence-corrected chi connectivity index (χ2v) is 3.63. The van der Waals surface area contributed by atoms with Crippen LogP contribution in [0.2, 0.25) is 0 Å². The van der Waals surface area contributed by atoms with E-state index in [1.165, 1.54) is 12.1 Å². The summed E-state index contributed by atoms with van der Waals surface area (Å²) < 4.78 is 0.429. The van der Waals surface area contributed by atoms with Gasteiger partial charge < -0.3 is 5.11 Å².